The Bertz CT molecular complexity index is 675. The molecule has 0 aliphatic rings. The predicted octanol–water partition coefficient (Wildman–Crippen LogP) is 5.06. The molecule has 0 amide bonds. The van der Waals surface area contributed by atoms with Crippen molar-refractivity contribution < 1.29 is 0 Å². The summed E-state index contributed by atoms with van der Waals surface area (Å²) < 4.78 is 2.15. The highest BCUT2D eigenvalue weighted by atomic mass is 79.9. The van der Waals surface area contributed by atoms with Crippen LogP contribution in [0.1, 0.15) is 5.56 Å². The van der Waals surface area contributed by atoms with Gasteiger partial charge in [0.1, 0.15) is 5.82 Å². The van der Waals surface area contributed by atoms with Crippen LogP contribution in [0.2, 0.25) is 0 Å². The van der Waals surface area contributed by atoms with Crippen LogP contribution < -0.4 is 0 Å². The topological polar surface area (TPSA) is 28.7 Å². The normalized spacial score (nSPS) is 11.1. The number of imidazole rings is 1. The molecule has 0 aliphatic carbocycles. The second-order valence-corrected chi connectivity index (χ2v) is 5.88. The zero-order valence-corrected chi connectivity index (χ0v) is 12.8. The maximum atomic E-state index is 4.60. The first-order valence-electron chi connectivity index (χ1n) is 5.56. The fraction of sp³-hybridized carbons (Fsp3) is 0.0714. The van der Waals surface area contributed by atoms with E-state index in [1.165, 1.54) is 5.56 Å². The molecule has 3 rings (SSSR count). The van der Waals surface area contributed by atoms with Gasteiger partial charge < -0.3 is 4.98 Å². The summed E-state index contributed by atoms with van der Waals surface area (Å²) in [5, 5.41) is 0. The number of aromatic nitrogens is 2. The van der Waals surface area contributed by atoms with Crippen molar-refractivity contribution in [2.75, 3.05) is 0 Å². The van der Waals surface area contributed by atoms with Crippen LogP contribution in [0.15, 0.2) is 45.3 Å². The van der Waals surface area contributed by atoms with Gasteiger partial charge in [0.05, 0.1) is 11.0 Å². The SMILES string of the molecule is Cc1c(Br)cc(-c2nc3ccccc3[nH]2)cc1Br. The minimum atomic E-state index is 0.887. The van der Waals surface area contributed by atoms with Crippen molar-refractivity contribution in [2.24, 2.45) is 0 Å². The summed E-state index contributed by atoms with van der Waals surface area (Å²) >= 11 is 7.13. The number of hydrogen-bond donors (Lipinski definition) is 1. The number of fused-ring (bicyclic) bond motifs is 1. The summed E-state index contributed by atoms with van der Waals surface area (Å²) in [6.07, 6.45) is 0. The lowest BCUT2D eigenvalue weighted by atomic mass is 10.1. The van der Waals surface area contributed by atoms with E-state index in [1.54, 1.807) is 0 Å². The Morgan fingerprint density at radius 3 is 2.39 bits per heavy atom. The van der Waals surface area contributed by atoms with Crippen molar-refractivity contribution in [1.82, 2.24) is 9.97 Å². The Morgan fingerprint density at radius 2 is 1.72 bits per heavy atom. The van der Waals surface area contributed by atoms with Crippen LogP contribution in [0.5, 0.6) is 0 Å². The van der Waals surface area contributed by atoms with Crippen molar-refractivity contribution in [3.8, 4) is 11.4 Å². The van der Waals surface area contributed by atoms with Crippen molar-refractivity contribution >= 4 is 42.9 Å². The minimum absolute atomic E-state index is 0.887. The quantitative estimate of drug-likeness (QED) is 0.641. The molecule has 1 N–H and O–H groups in total. The van der Waals surface area contributed by atoms with E-state index in [1.807, 2.05) is 24.3 Å². The lowest BCUT2D eigenvalue weighted by Crippen LogP contribution is -1.85. The van der Waals surface area contributed by atoms with Crippen LogP contribution >= 0.6 is 31.9 Å². The summed E-state index contributed by atoms with van der Waals surface area (Å²) in [5.74, 6) is 0.887. The van der Waals surface area contributed by atoms with Gasteiger partial charge >= 0.3 is 0 Å². The van der Waals surface area contributed by atoms with Gasteiger partial charge in [-0.15, -0.1) is 0 Å². The molecule has 0 fully saturated rings. The summed E-state index contributed by atoms with van der Waals surface area (Å²) in [6.45, 7) is 2.07. The van der Waals surface area contributed by atoms with Crippen LogP contribution in [0.4, 0.5) is 0 Å². The highest BCUT2D eigenvalue weighted by Gasteiger charge is 2.08. The summed E-state index contributed by atoms with van der Waals surface area (Å²) in [7, 11) is 0. The third-order valence-corrected chi connectivity index (χ3v) is 4.59. The number of rotatable bonds is 1. The smallest absolute Gasteiger partial charge is 0.138 e. The molecule has 0 radical (unpaired) electrons. The lowest BCUT2D eigenvalue weighted by Gasteiger charge is -2.04. The van der Waals surface area contributed by atoms with E-state index in [0.717, 1.165) is 31.4 Å². The van der Waals surface area contributed by atoms with Crippen LogP contribution in [0.3, 0.4) is 0 Å². The van der Waals surface area contributed by atoms with Crippen molar-refractivity contribution in [1.29, 1.82) is 0 Å². The van der Waals surface area contributed by atoms with E-state index in [0.29, 0.717) is 0 Å². The number of benzene rings is 2. The van der Waals surface area contributed by atoms with Crippen molar-refractivity contribution in [3.05, 3.63) is 50.9 Å². The van der Waals surface area contributed by atoms with Gasteiger partial charge in [-0.1, -0.05) is 44.0 Å². The van der Waals surface area contributed by atoms with Gasteiger partial charge in [0, 0.05) is 14.5 Å². The molecule has 90 valence electrons. The van der Waals surface area contributed by atoms with E-state index in [9.17, 15) is 0 Å². The number of halogens is 2. The van der Waals surface area contributed by atoms with Crippen LogP contribution in [0, 0.1) is 6.92 Å². The Hall–Kier alpha value is -1.13. The first kappa shape index (κ1) is 11.9. The molecule has 4 heteroatoms. The summed E-state index contributed by atoms with van der Waals surface area (Å²) in [6, 6.07) is 12.2. The first-order chi connectivity index (χ1) is 8.65. The molecule has 0 unspecified atom stereocenters. The number of nitrogens with zero attached hydrogens (tertiary/aromatic N) is 1. The van der Waals surface area contributed by atoms with Gasteiger partial charge in [-0.3, -0.25) is 0 Å². The van der Waals surface area contributed by atoms with Gasteiger partial charge in [-0.25, -0.2) is 4.98 Å². The standard InChI is InChI=1S/C14H10Br2N2/c1-8-10(15)6-9(7-11(8)16)14-17-12-4-2-3-5-13(12)18-14/h2-7H,1H3,(H,17,18). The highest BCUT2D eigenvalue weighted by Crippen LogP contribution is 2.31. The minimum Gasteiger partial charge on any atom is -0.338 e. The number of aromatic amines is 1. The first-order valence-corrected chi connectivity index (χ1v) is 7.14. The van der Waals surface area contributed by atoms with Gasteiger partial charge in [-0.05, 0) is 36.8 Å². The maximum Gasteiger partial charge on any atom is 0.138 e. The number of nitrogens with one attached hydrogen (secondary N) is 1. The predicted molar refractivity (Wildman–Crippen MR) is 81.7 cm³/mol. The number of hydrogen-bond acceptors (Lipinski definition) is 1. The molecule has 0 bridgehead atoms. The molecule has 18 heavy (non-hydrogen) atoms. The fourth-order valence-electron chi connectivity index (χ4n) is 1.87. The molecule has 1 heterocycles. The summed E-state index contributed by atoms with van der Waals surface area (Å²) in [4.78, 5) is 7.93. The van der Waals surface area contributed by atoms with Crippen LogP contribution in [-0.4, -0.2) is 9.97 Å². The second kappa shape index (κ2) is 4.52. The summed E-state index contributed by atoms with van der Waals surface area (Å²) in [5.41, 5.74) is 4.30. The molecule has 2 aromatic carbocycles. The van der Waals surface area contributed by atoms with E-state index < -0.39 is 0 Å². The average Bonchev–Trinajstić information content (AvgIpc) is 2.79. The largest absolute Gasteiger partial charge is 0.338 e. The van der Waals surface area contributed by atoms with Crippen LogP contribution in [-0.2, 0) is 0 Å². The van der Waals surface area contributed by atoms with E-state index in [2.05, 4.69) is 60.9 Å². The van der Waals surface area contributed by atoms with E-state index in [4.69, 9.17) is 0 Å². The second-order valence-electron chi connectivity index (χ2n) is 4.17. The molecule has 0 spiro atoms. The van der Waals surface area contributed by atoms with Gasteiger partial charge in [0.25, 0.3) is 0 Å². The van der Waals surface area contributed by atoms with E-state index in [-0.39, 0.29) is 0 Å². The fourth-order valence-corrected chi connectivity index (χ4v) is 3.06. The highest BCUT2D eigenvalue weighted by molar-refractivity contribution is 9.11. The molecule has 1 aromatic heterocycles. The molecule has 0 saturated heterocycles. The Morgan fingerprint density at radius 1 is 1.06 bits per heavy atom. The van der Waals surface area contributed by atoms with Gasteiger partial charge in [0.15, 0.2) is 0 Å². The Balaban J connectivity index is 2.20. The average molecular weight is 366 g/mol. The van der Waals surface area contributed by atoms with Crippen molar-refractivity contribution in [2.45, 2.75) is 6.92 Å². The third-order valence-electron chi connectivity index (χ3n) is 2.94. The monoisotopic (exact) mass is 364 g/mol. The zero-order chi connectivity index (χ0) is 12.7. The Kier molecular flexibility index (Phi) is 2.99. The molecule has 0 saturated carbocycles. The number of H-pyrrole nitrogens is 1. The third kappa shape index (κ3) is 1.99. The molecule has 3 aromatic rings. The lowest BCUT2D eigenvalue weighted by molar-refractivity contribution is 1.31. The van der Waals surface area contributed by atoms with E-state index >= 15 is 0 Å². The zero-order valence-electron chi connectivity index (χ0n) is 9.67. The van der Waals surface area contributed by atoms with Gasteiger partial charge in [-0.2, -0.15) is 0 Å². The molecular formula is C14H10Br2N2. The van der Waals surface area contributed by atoms with Crippen LogP contribution in [0.25, 0.3) is 22.4 Å². The van der Waals surface area contributed by atoms with Crippen molar-refractivity contribution in [3.63, 3.8) is 0 Å². The Labute approximate surface area is 122 Å². The molecular weight excluding hydrogens is 356 g/mol. The van der Waals surface area contributed by atoms with Gasteiger partial charge in [0.2, 0.25) is 0 Å². The maximum absolute atomic E-state index is 4.60. The molecule has 0 aliphatic heterocycles. The molecule has 2 nitrogen and oxygen atoms in total. The number of para-hydroxylation sites is 2. The molecule has 0 atom stereocenters.